The van der Waals surface area contributed by atoms with Crippen molar-refractivity contribution in [3.05, 3.63) is 41.5 Å². The van der Waals surface area contributed by atoms with E-state index in [2.05, 4.69) is 4.98 Å². The molecule has 2 aromatic rings. The molecule has 104 valence electrons. The lowest BCUT2D eigenvalue weighted by Gasteiger charge is -2.09. The predicted octanol–water partition coefficient (Wildman–Crippen LogP) is 1.37. The highest BCUT2D eigenvalue weighted by molar-refractivity contribution is 5.91. The smallest absolute Gasteiger partial charge is 0.338 e. The fourth-order valence-corrected chi connectivity index (χ4v) is 1.84. The van der Waals surface area contributed by atoms with Gasteiger partial charge in [0.25, 0.3) is 0 Å². The van der Waals surface area contributed by atoms with Gasteiger partial charge in [-0.25, -0.2) is 9.78 Å². The van der Waals surface area contributed by atoms with Gasteiger partial charge in [-0.3, -0.25) is 4.57 Å². The van der Waals surface area contributed by atoms with Gasteiger partial charge < -0.3 is 10.5 Å². The first-order valence-corrected chi connectivity index (χ1v) is 6.07. The van der Waals surface area contributed by atoms with Crippen LogP contribution in [0.15, 0.2) is 24.5 Å². The molecule has 1 aromatic heterocycles. The summed E-state index contributed by atoms with van der Waals surface area (Å²) in [4.78, 5) is 15.5. The van der Waals surface area contributed by atoms with Gasteiger partial charge in [0.1, 0.15) is 18.5 Å². The van der Waals surface area contributed by atoms with Crippen LogP contribution in [-0.2, 0) is 4.74 Å². The minimum Gasteiger partial charge on any atom is -0.462 e. The minimum absolute atomic E-state index is 0.0198. The van der Waals surface area contributed by atoms with Crippen molar-refractivity contribution in [3.8, 4) is 17.8 Å². The van der Waals surface area contributed by atoms with E-state index >= 15 is 0 Å². The predicted molar refractivity (Wildman–Crippen MR) is 73.4 cm³/mol. The number of nitriles is 2. The SMILES string of the molecule is CCOC(=O)c1ccc(-n2cnc(C#N)c2C#N)c(N)c1. The number of nitrogens with zero attached hydrogens (tertiary/aromatic N) is 4. The van der Waals surface area contributed by atoms with Crippen LogP contribution >= 0.6 is 0 Å². The lowest BCUT2D eigenvalue weighted by molar-refractivity contribution is 0.0526. The summed E-state index contributed by atoms with van der Waals surface area (Å²) < 4.78 is 6.29. The average molecular weight is 281 g/mol. The van der Waals surface area contributed by atoms with Crippen molar-refractivity contribution in [2.45, 2.75) is 6.92 Å². The quantitative estimate of drug-likeness (QED) is 0.670. The zero-order valence-corrected chi connectivity index (χ0v) is 11.2. The summed E-state index contributed by atoms with van der Waals surface area (Å²) >= 11 is 0. The molecule has 7 nitrogen and oxygen atoms in total. The Labute approximate surface area is 120 Å². The van der Waals surface area contributed by atoms with Gasteiger partial charge >= 0.3 is 5.97 Å². The average Bonchev–Trinajstić information content (AvgIpc) is 2.90. The molecule has 2 N–H and O–H groups in total. The Kier molecular flexibility index (Phi) is 3.87. The second-order valence-electron chi connectivity index (χ2n) is 4.03. The number of esters is 1. The van der Waals surface area contributed by atoms with Crippen LogP contribution in [0.1, 0.15) is 28.7 Å². The zero-order chi connectivity index (χ0) is 15.4. The van der Waals surface area contributed by atoms with E-state index in [1.54, 1.807) is 13.0 Å². The number of rotatable bonds is 3. The van der Waals surface area contributed by atoms with Crippen molar-refractivity contribution in [3.63, 3.8) is 0 Å². The Morgan fingerprint density at radius 2 is 2.19 bits per heavy atom. The van der Waals surface area contributed by atoms with Crippen LogP contribution in [0, 0.1) is 22.7 Å². The number of nitrogens with two attached hydrogens (primary N) is 1. The minimum atomic E-state index is -0.473. The van der Waals surface area contributed by atoms with E-state index in [0.29, 0.717) is 11.3 Å². The summed E-state index contributed by atoms with van der Waals surface area (Å²) in [6.07, 6.45) is 1.34. The third-order valence-electron chi connectivity index (χ3n) is 2.78. The van der Waals surface area contributed by atoms with Crippen LogP contribution in [-0.4, -0.2) is 22.1 Å². The number of imidazole rings is 1. The molecule has 2 rings (SSSR count). The van der Waals surface area contributed by atoms with Gasteiger partial charge in [0.2, 0.25) is 0 Å². The standard InChI is InChI=1S/C14H11N5O2/c1-2-21-14(20)9-3-4-12(10(17)5-9)19-8-18-11(6-15)13(19)7-16/h3-5,8H,2,17H2,1H3. The first-order chi connectivity index (χ1) is 10.1. The third-order valence-corrected chi connectivity index (χ3v) is 2.78. The highest BCUT2D eigenvalue weighted by Crippen LogP contribution is 2.22. The molecule has 0 fully saturated rings. The molecule has 0 saturated heterocycles. The Morgan fingerprint density at radius 3 is 2.76 bits per heavy atom. The fourth-order valence-electron chi connectivity index (χ4n) is 1.84. The molecule has 21 heavy (non-hydrogen) atoms. The molecule has 0 radical (unpaired) electrons. The second-order valence-corrected chi connectivity index (χ2v) is 4.03. The molecule has 0 unspecified atom stereocenters. The van der Waals surface area contributed by atoms with E-state index in [4.69, 9.17) is 21.0 Å². The Morgan fingerprint density at radius 1 is 1.43 bits per heavy atom. The number of aromatic nitrogens is 2. The molecule has 0 bridgehead atoms. The molecule has 0 aliphatic rings. The van der Waals surface area contributed by atoms with Gasteiger partial charge in [-0.2, -0.15) is 10.5 Å². The number of hydrogen-bond acceptors (Lipinski definition) is 6. The van der Waals surface area contributed by atoms with E-state index in [1.165, 1.54) is 23.0 Å². The lowest BCUT2D eigenvalue weighted by Crippen LogP contribution is -2.07. The monoisotopic (exact) mass is 281 g/mol. The topological polar surface area (TPSA) is 118 Å². The van der Waals surface area contributed by atoms with Crippen molar-refractivity contribution in [2.24, 2.45) is 0 Å². The van der Waals surface area contributed by atoms with Gasteiger partial charge in [0.15, 0.2) is 11.4 Å². The maximum Gasteiger partial charge on any atom is 0.338 e. The van der Waals surface area contributed by atoms with Crippen LogP contribution in [0.4, 0.5) is 5.69 Å². The van der Waals surface area contributed by atoms with Crippen molar-refractivity contribution < 1.29 is 9.53 Å². The number of carbonyl (C=O) groups excluding carboxylic acids is 1. The summed E-state index contributed by atoms with van der Waals surface area (Å²) in [6.45, 7) is 1.98. The highest BCUT2D eigenvalue weighted by Gasteiger charge is 2.15. The van der Waals surface area contributed by atoms with Gasteiger partial charge in [0, 0.05) is 0 Å². The molecule has 0 aliphatic carbocycles. The molecule has 0 saturated carbocycles. The number of benzene rings is 1. The van der Waals surface area contributed by atoms with Crippen molar-refractivity contribution in [1.82, 2.24) is 9.55 Å². The second kappa shape index (κ2) is 5.76. The number of nitrogen functional groups attached to an aromatic ring is 1. The summed E-state index contributed by atoms with van der Waals surface area (Å²) in [5, 5.41) is 18.0. The molecular weight excluding hydrogens is 270 g/mol. The van der Waals surface area contributed by atoms with Crippen LogP contribution in [0.5, 0.6) is 0 Å². The zero-order valence-electron chi connectivity index (χ0n) is 11.2. The van der Waals surface area contributed by atoms with E-state index in [1.807, 2.05) is 12.1 Å². The largest absolute Gasteiger partial charge is 0.462 e. The van der Waals surface area contributed by atoms with Crippen molar-refractivity contribution in [1.29, 1.82) is 10.5 Å². The van der Waals surface area contributed by atoms with E-state index in [-0.39, 0.29) is 23.7 Å². The lowest BCUT2D eigenvalue weighted by atomic mass is 10.1. The van der Waals surface area contributed by atoms with Crippen LogP contribution < -0.4 is 5.73 Å². The van der Waals surface area contributed by atoms with Gasteiger partial charge in [-0.15, -0.1) is 0 Å². The summed E-state index contributed by atoms with van der Waals surface area (Å²) in [5.41, 5.74) is 7.08. The maximum absolute atomic E-state index is 11.6. The number of ether oxygens (including phenoxy) is 1. The molecule has 7 heteroatoms. The first kappa shape index (κ1) is 14.1. The Balaban J connectivity index is 2.48. The molecule has 0 atom stereocenters. The van der Waals surface area contributed by atoms with Gasteiger partial charge in [-0.05, 0) is 25.1 Å². The Hall–Kier alpha value is -3.32. The molecule has 0 aliphatic heterocycles. The molecule has 1 heterocycles. The molecule has 0 amide bonds. The fraction of sp³-hybridized carbons (Fsp3) is 0.143. The normalized spacial score (nSPS) is 9.67. The van der Waals surface area contributed by atoms with Gasteiger partial charge in [-0.1, -0.05) is 0 Å². The number of hydrogen-bond donors (Lipinski definition) is 1. The van der Waals surface area contributed by atoms with E-state index in [0.717, 1.165) is 0 Å². The molecule has 0 spiro atoms. The number of carbonyl (C=O) groups is 1. The van der Waals surface area contributed by atoms with Crippen LogP contribution in [0.25, 0.3) is 5.69 Å². The van der Waals surface area contributed by atoms with Crippen molar-refractivity contribution in [2.75, 3.05) is 12.3 Å². The molecular formula is C14H11N5O2. The molecule has 1 aromatic carbocycles. The van der Waals surface area contributed by atoms with Crippen LogP contribution in [0.2, 0.25) is 0 Å². The Bertz CT molecular complexity index is 780. The van der Waals surface area contributed by atoms with E-state index < -0.39 is 5.97 Å². The summed E-state index contributed by atoms with van der Waals surface area (Å²) in [5.74, 6) is -0.473. The van der Waals surface area contributed by atoms with Crippen molar-refractivity contribution >= 4 is 11.7 Å². The first-order valence-electron chi connectivity index (χ1n) is 6.07. The van der Waals surface area contributed by atoms with Gasteiger partial charge in [0.05, 0.1) is 23.5 Å². The highest BCUT2D eigenvalue weighted by atomic mass is 16.5. The van der Waals surface area contributed by atoms with E-state index in [9.17, 15) is 4.79 Å². The number of anilines is 1. The van der Waals surface area contributed by atoms with Crippen LogP contribution in [0.3, 0.4) is 0 Å². The maximum atomic E-state index is 11.6. The third kappa shape index (κ3) is 2.53. The summed E-state index contributed by atoms with van der Waals surface area (Å²) in [7, 11) is 0. The summed E-state index contributed by atoms with van der Waals surface area (Å²) in [6, 6.07) is 8.31.